The van der Waals surface area contributed by atoms with Gasteiger partial charge in [0.1, 0.15) is 0 Å². The van der Waals surface area contributed by atoms with E-state index in [1.807, 2.05) is 30.3 Å². The van der Waals surface area contributed by atoms with Crippen LogP contribution in [-0.2, 0) is 9.53 Å². The molecule has 0 aliphatic rings. The molecule has 4 heteroatoms. The quantitative estimate of drug-likeness (QED) is 0.541. The van der Waals surface area contributed by atoms with E-state index in [4.69, 9.17) is 5.73 Å². The van der Waals surface area contributed by atoms with Crippen molar-refractivity contribution >= 4 is 11.7 Å². The Kier molecular flexibility index (Phi) is 10.2. The maximum Gasteiger partial charge on any atom is 0.302 e. The lowest BCUT2D eigenvalue weighted by Crippen LogP contribution is -1.95. The number of carbonyl (C=O) groups excluding carboxylic acids is 1. The zero-order chi connectivity index (χ0) is 10.1. The van der Waals surface area contributed by atoms with Crippen LogP contribution in [0.15, 0.2) is 30.3 Å². The Morgan fingerprint density at radius 2 is 1.86 bits per heavy atom. The van der Waals surface area contributed by atoms with Gasteiger partial charge in [0, 0.05) is 12.6 Å². The van der Waals surface area contributed by atoms with Crippen molar-refractivity contribution < 1.29 is 15.0 Å². The summed E-state index contributed by atoms with van der Waals surface area (Å²) in [7, 11) is 0. The van der Waals surface area contributed by atoms with Gasteiger partial charge in [0.2, 0.25) is 0 Å². The maximum atomic E-state index is 9.82. The summed E-state index contributed by atoms with van der Waals surface area (Å²) in [6.45, 7) is 3.65. The summed E-state index contributed by atoms with van der Waals surface area (Å²) in [6.07, 6.45) is 0. The van der Waals surface area contributed by atoms with Gasteiger partial charge in [0.25, 0.3) is 0 Å². The second-order valence-corrected chi connectivity index (χ2v) is 2.34. The van der Waals surface area contributed by atoms with E-state index < -0.39 is 0 Å². The Hall–Kier alpha value is -1.55. The number of benzene rings is 1. The van der Waals surface area contributed by atoms with Crippen LogP contribution in [0.3, 0.4) is 0 Å². The number of carbonyl (C=O) groups is 1. The van der Waals surface area contributed by atoms with Gasteiger partial charge in [-0.3, -0.25) is 4.79 Å². The zero-order valence-corrected chi connectivity index (χ0v) is 8.49. The molecule has 0 fully saturated rings. The molecule has 0 bridgehead atoms. The molecule has 1 aromatic carbocycles. The maximum absolute atomic E-state index is 9.82. The number of nitrogen functional groups attached to an aromatic ring is 1. The first-order valence-corrected chi connectivity index (χ1v) is 4.10. The number of esters is 1. The average molecular weight is 199 g/mol. The molecule has 0 aliphatic carbocycles. The van der Waals surface area contributed by atoms with Gasteiger partial charge in [-0.15, -0.1) is 0 Å². The number of ether oxygens (including phenoxy) is 1. The van der Waals surface area contributed by atoms with Crippen LogP contribution in [0.25, 0.3) is 0 Å². The van der Waals surface area contributed by atoms with Gasteiger partial charge in [-0.05, 0) is 19.1 Å². The molecule has 4 N–H and O–H groups in total. The first kappa shape index (κ1) is 14.9. The Balaban J connectivity index is 0. The fourth-order valence-electron chi connectivity index (χ4n) is 0.656. The first-order chi connectivity index (χ1) is 6.16. The summed E-state index contributed by atoms with van der Waals surface area (Å²) in [6, 6.07) is 9.49. The molecule has 14 heavy (non-hydrogen) atoms. The molecule has 0 spiro atoms. The van der Waals surface area contributed by atoms with Crippen LogP contribution in [0.5, 0.6) is 0 Å². The highest BCUT2D eigenvalue weighted by molar-refractivity contribution is 5.65. The lowest BCUT2D eigenvalue weighted by atomic mass is 10.3. The van der Waals surface area contributed by atoms with Crippen molar-refractivity contribution in [2.24, 2.45) is 0 Å². The van der Waals surface area contributed by atoms with Crippen LogP contribution < -0.4 is 5.73 Å². The molecule has 1 rings (SSSR count). The molecule has 0 amide bonds. The summed E-state index contributed by atoms with van der Waals surface area (Å²) in [5, 5.41) is 0. The SMILES string of the molecule is CCOC(C)=O.Nc1ccccc1.O. The molecule has 0 aliphatic heterocycles. The van der Waals surface area contributed by atoms with Gasteiger partial charge in [0.05, 0.1) is 6.61 Å². The summed E-state index contributed by atoms with van der Waals surface area (Å²) >= 11 is 0. The molecule has 0 heterocycles. The fourth-order valence-corrected chi connectivity index (χ4v) is 0.656. The van der Waals surface area contributed by atoms with Gasteiger partial charge in [0.15, 0.2) is 0 Å². The number of hydrogen-bond acceptors (Lipinski definition) is 3. The molecule has 1 aromatic rings. The Bertz CT molecular complexity index is 236. The van der Waals surface area contributed by atoms with E-state index in [2.05, 4.69) is 4.74 Å². The van der Waals surface area contributed by atoms with Crippen LogP contribution >= 0.6 is 0 Å². The molecule has 0 unspecified atom stereocenters. The van der Waals surface area contributed by atoms with E-state index in [9.17, 15) is 4.79 Å². The Morgan fingerprint density at radius 1 is 1.36 bits per heavy atom. The van der Waals surface area contributed by atoms with Crippen molar-refractivity contribution in [3.8, 4) is 0 Å². The summed E-state index contributed by atoms with van der Waals surface area (Å²) in [5.41, 5.74) is 6.18. The molecular weight excluding hydrogens is 182 g/mol. The van der Waals surface area contributed by atoms with Crippen molar-refractivity contribution in [2.75, 3.05) is 12.3 Å². The third kappa shape index (κ3) is 10.4. The predicted octanol–water partition coefficient (Wildman–Crippen LogP) is 1.01. The van der Waals surface area contributed by atoms with Gasteiger partial charge in [-0.25, -0.2) is 0 Å². The van der Waals surface area contributed by atoms with E-state index in [-0.39, 0.29) is 11.4 Å². The Labute approximate surface area is 84.0 Å². The fraction of sp³-hybridized carbons (Fsp3) is 0.300. The standard InChI is InChI=1S/C6H7N.C4H8O2.H2O/c7-6-4-2-1-3-5-6;1-3-6-4(2)5;/h1-5H,7H2;3H2,1-2H3;1H2. The van der Waals surface area contributed by atoms with Gasteiger partial charge in [-0.2, -0.15) is 0 Å². The number of nitrogens with two attached hydrogens (primary N) is 1. The smallest absolute Gasteiger partial charge is 0.302 e. The van der Waals surface area contributed by atoms with E-state index in [1.54, 1.807) is 6.92 Å². The summed E-state index contributed by atoms with van der Waals surface area (Å²) < 4.78 is 4.40. The lowest BCUT2D eigenvalue weighted by molar-refractivity contribution is -0.140. The van der Waals surface area contributed by atoms with E-state index in [0.717, 1.165) is 5.69 Å². The summed E-state index contributed by atoms with van der Waals surface area (Å²) in [4.78, 5) is 9.82. The summed E-state index contributed by atoms with van der Waals surface area (Å²) in [5.74, 6) is -0.211. The molecule has 0 radical (unpaired) electrons. The van der Waals surface area contributed by atoms with Gasteiger partial charge in [-0.1, -0.05) is 18.2 Å². The molecule has 0 saturated carbocycles. The van der Waals surface area contributed by atoms with Crippen LogP contribution in [0.1, 0.15) is 13.8 Å². The second-order valence-electron chi connectivity index (χ2n) is 2.34. The van der Waals surface area contributed by atoms with E-state index in [0.29, 0.717) is 6.61 Å². The number of rotatable bonds is 1. The highest BCUT2D eigenvalue weighted by Gasteiger charge is 1.81. The lowest BCUT2D eigenvalue weighted by Gasteiger charge is -1.89. The number of para-hydroxylation sites is 1. The normalized spacial score (nSPS) is 7.57. The second kappa shape index (κ2) is 9.54. The Morgan fingerprint density at radius 3 is 2.00 bits per heavy atom. The van der Waals surface area contributed by atoms with Crippen molar-refractivity contribution in [3.05, 3.63) is 30.3 Å². The zero-order valence-electron chi connectivity index (χ0n) is 8.49. The van der Waals surface area contributed by atoms with Crippen LogP contribution in [0.2, 0.25) is 0 Å². The van der Waals surface area contributed by atoms with Gasteiger partial charge < -0.3 is 15.9 Å². The highest BCUT2D eigenvalue weighted by Crippen LogP contribution is 1.95. The topological polar surface area (TPSA) is 83.8 Å². The van der Waals surface area contributed by atoms with Crippen LogP contribution in [0.4, 0.5) is 5.69 Å². The molecular formula is C10H17NO3. The van der Waals surface area contributed by atoms with Crippen molar-refractivity contribution in [3.63, 3.8) is 0 Å². The van der Waals surface area contributed by atoms with Crippen molar-refractivity contribution in [1.29, 1.82) is 0 Å². The highest BCUT2D eigenvalue weighted by atomic mass is 16.5. The van der Waals surface area contributed by atoms with Crippen molar-refractivity contribution in [2.45, 2.75) is 13.8 Å². The molecule has 0 saturated heterocycles. The molecule has 4 nitrogen and oxygen atoms in total. The largest absolute Gasteiger partial charge is 0.466 e. The third-order valence-electron chi connectivity index (χ3n) is 1.15. The monoisotopic (exact) mass is 199 g/mol. The average Bonchev–Trinajstić information content (AvgIpc) is 2.06. The number of hydrogen-bond donors (Lipinski definition) is 1. The van der Waals surface area contributed by atoms with E-state index >= 15 is 0 Å². The first-order valence-electron chi connectivity index (χ1n) is 4.10. The minimum Gasteiger partial charge on any atom is -0.466 e. The molecule has 0 aromatic heterocycles. The van der Waals surface area contributed by atoms with Crippen LogP contribution in [0, 0.1) is 0 Å². The third-order valence-corrected chi connectivity index (χ3v) is 1.15. The number of anilines is 1. The minimum atomic E-state index is -0.211. The molecule has 80 valence electrons. The van der Waals surface area contributed by atoms with Gasteiger partial charge >= 0.3 is 5.97 Å². The van der Waals surface area contributed by atoms with E-state index in [1.165, 1.54) is 6.92 Å². The molecule has 0 atom stereocenters. The van der Waals surface area contributed by atoms with Crippen LogP contribution in [-0.4, -0.2) is 18.1 Å². The van der Waals surface area contributed by atoms with Crippen molar-refractivity contribution in [1.82, 2.24) is 0 Å². The predicted molar refractivity (Wildman–Crippen MR) is 56.8 cm³/mol. The minimum absolute atomic E-state index is 0.